The van der Waals surface area contributed by atoms with Crippen LogP contribution in [0, 0.1) is 6.92 Å². The van der Waals surface area contributed by atoms with E-state index in [9.17, 15) is 13.2 Å². The molecule has 0 aliphatic rings. The molecule has 2 aromatic rings. The third kappa shape index (κ3) is 5.49. The van der Waals surface area contributed by atoms with E-state index < -0.39 is 22.5 Å². The van der Waals surface area contributed by atoms with Crippen molar-refractivity contribution in [3.8, 4) is 17.2 Å². The second kappa shape index (κ2) is 10.1. The van der Waals surface area contributed by atoms with Crippen molar-refractivity contribution in [2.45, 2.75) is 11.8 Å². The molecule has 0 saturated heterocycles. The van der Waals surface area contributed by atoms with Gasteiger partial charge in [-0.1, -0.05) is 6.07 Å². The molecule has 0 saturated carbocycles. The second-order valence-electron chi connectivity index (χ2n) is 6.32. The van der Waals surface area contributed by atoms with Crippen LogP contribution < -0.4 is 19.6 Å². The van der Waals surface area contributed by atoms with Gasteiger partial charge in [0.15, 0.2) is 0 Å². The first kappa shape index (κ1) is 23.2. The van der Waals surface area contributed by atoms with Crippen LogP contribution in [0.1, 0.15) is 11.1 Å². The molecule has 0 fully saturated rings. The summed E-state index contributed by atoms with van der Waals surface area (Å²) in [6, 6.07) is 9.94. The Morgan fingerprint density at radius 1 is 1.07 bits per heavy atom. The lowest BCUT2D eigenvalue weighted by molar-refractivity contribution is -0.121. The number of nitrogens with zero attached hydrogens (tertiary/aromatic N) is 2. The summed E-state index contributed by atoms with van der Waals surface area (Å²) in [5.41, 5.74) is 3.65. The average Bonchev–Trinajstić information content (AvgIpc) is 2.73. The Labute approximate surface area is 176 Å². The van der Waals surface area contributed by atoms with Gasteiger partial charge in [0.25, 0.3) is 5.91 Å². The van der Waals surface area contributed by atoms with E-state index in [-0.39, 0.29) is 10.6 Å². The molecule has 0 aliphatic heterocycles. The summed E-state index contributed by atoms with van der Waals surface area (Å²) < 4.78 is 42.2. The molecule has 0 unspecified atom stereocenters. The number of rotatable bonds is 9. The van der Waals surface area contributed by atoms with Crippen LogP contribution in [0.15, 0.2) is 46.4 Å². The van der Waals surface area contributed by atoms with Crippen LogP contribution in [0.4, 0.5) is 0 Å². The Morgan fingerprint density at radius 2 is 1.73 bits per heavy atom. The maximum atomic E-state index is 12.8. The van der Waals surface area contributed by atoms with Crippen molar-refractivity contribution in [2.75, 3.05) is 34.9 Å². The van der Waals surface area contributed by atoms with Crippen molar-refractivity contribution >= 4 is 22.1 Å². The predicted molar refractivity (Wildman–Crippen MR) is 113 cm³/mol. The van der Waals surface area contributed by atoms with Crippen LogP contribution >= 0.6 is 0 Å². The maximum absolute atomic E-state index is 12.8. The summed E-state index contributed by atoms with van der Waals surface area (Å²) in [6.07, 6.45) is 1.39. The van der Waals surface area contributed by atoms with Crippen LogP contribution in [0.25, 0.3) is 0 Å². The number of sulfonamides is 1. The van der Waals surface area contributed by atoms with Gasteiger partial charge in [-0.25, -0.2) is 13.8 Å². The smallest absolute Gasteiger partial charge is 0.255 e. The molecule has 10 heteroatoms. The monoisotopic (exact) mass is 435 g/mol. The zero-order valence-corrected chi connectivity index (χ0v) is 18.3. The maximum Gasteiger partial charge on any atom is 0.255 e. The third-order valence-electron chi connectivity index (χ3n) is 4.20. The van der Waals surface area contributed by atoms with Crippen molar-refractivity contribution in [3.63, 3.8) is 0 Å². The summed E-state index contributed by atoms with van der Waals surface area (Å²) in [6.45, 7) is 1.35. The molecule has 0 radical (unpaired) electrons. The molecule has 0 atom stereocenters. The van der Waals surface area contributed by atoms with Crippen molar-refractivity contribution in [1.29, 1.82) is 0 Å². The lowest BCUT2D eigenvalue weighted by Gasteiger charge is -2.18. The van der Waals surface area contributed by atoms with Gasteiger partial charge in [-0.3, -0.25) is 4.79 Å². The average molecular weight is 436 g/mol. The number of carbonyl (C=O) groups excluding carboxylic acids is 1. The molecule has 9 nitrogen and oxygen atoms in total. The molecule has 0 spiro atoms. The lowest BCUT2D eigenvalue weighted by atomic mass is 10.2. The van der Waals surface area contributed by atoms with Gasteiger partial charge < -0.3 is 14.2 Å². The molecule has 30 heavy (non-hydrogen) atoms. The minimum absolute atomic E-state index is 0.00933. The highest BCUT2D eigenvalue weighted by atomic mass is 32.2. The molecule has 0 heterocycles. The summed E-state index contributed by atoms with van der Waals surface area (Å²) in [7, 11) is 1.80. The Kier molecular flexibility index (Phi) is 7.79. The number of hydrogen-bond donors (Lipinski definition) is 1. The highest BCUT2D eigenvalue weighted by Crippen LogP contribution is 2.27. The standard InChI is InChI=1S/C20H25N3O6S/c1-14-6-8-18(29-5)19(10-14)30(25,26)23(2)13-20(24)22-21-12-15-11-16(27-3)7-9-17(15)28-4/h6-12H,13H2,1-5H3,(H,22,24)/b21-12-. The van der Waals surface area contributed by atoms with Crippen molar-refractivity contribution in [3.05, 3.63) is 47.5 Å². The van der Waals surface area contributed by atoms with Crippen molar-refractivity contribution < 1.29 is 27.4 Å². The second-order valence-corrected chi connectivity index (χ2v) is 8.33. The normalized spacial score (nSPS) is 11.5. The van der Waals surface area contributed by atoms with Gasteiger partial charge in [-0.15, -0.1) is 0 Å². The number of aryl methyl sites for hydroxylation is 1. The summed E-state index contributed by atoms with van der Waals surface area (Å²) >= 11 is 0. The Morgan fingerprint density at radius 3 is 2.37 bits per heavy atom. The van der Waals surface area contributed by atoms with E-state index in [4.69, 9.17) is 14.2 Å². The molecule has 2 aromatic carbocycles. The number of likely N-dealkylation sites (N-methyl/N-ethyl adjacent to an activating group) is 1. The van der Waals surface area contributed by atoms with Gasteiger partial charge in [-0.2, -0.15) is 9.41 Å². The summed E-state index contributed by atoms with van der Waals surface area (Å²) in [5, 5.41) is 3.87. The van der Waals surface area contributed by atoms with Crippen LogP contribution in [-0.2, 0) is 14.8 Å². The molecule has 2 rings (SSSR count). The lowest BCUT2D eigenvalue weighted by Crippen LogP contribution is -2.36. The van der Waals surface area contributed by atoms with E-state index in [1.165, 1.54) is 40.7 Å². The Balaban J connectivity index is 2.10. The zero-order chi connectivity index (χ0) is 22.3. The number of amides is 1. The van der Waals surface area contributed by atoms with E-state index in [1.807, 2.05) is 0 Å². The van der Waals surface area contributed by atoms with Crippen LogP contribution in [-0.4, -0.2) is 59.8 Å². The fourth-order valence-electron chi connectivity index (χ4n) is 2.59. The van der Waals surface area contributed by atoms with Gasteiger partial charge in [-0.05, 0) is 42.8 Å². The van der Waals surface area contributed by atoms with Gasteiger partial charge >= 0.3 is 0 Å². The highest BCUT2D eigenvalue weighted by molar-refractivity contribution is 7.89. The van der Waals surface area contributed by atoms with Crippen LogP contribution in [0.2, 0.25) is 0 Å². The fraction of sp³-hybridized carbons (Fsp3) is 0.300. The molecule has 162 valence electrons. The summed E-state index contributed by atoms with van der Waals surface area (Å²) in [5.74, 6) is 0.739. The number of benzene rings is 2. The molecule has 0 bridgehead atoms. The first-order valence-electron chi connectivity index (χ1n) is 8.87. The molecule has 1 amide bonds. The quantitative estimate of drug-likeness (QED) is 0.475. The van der Waals surface area contributed by atoms with Crippen molar-refractivity contribution in [1.82, 2.24) is 9.73 Å². The minimum atomic E-state index is -3.94. The molecular formula is C20H25N3O6S. The first-order valence-corrected chi connectivity index (χ1v) is 10.3. The Hall–Kier alpha value is -3.11. The summed E-state index contributed by atoms with van der Waals surface area (Å²) in [4.78, 5) is 12.2. The molecule has 1 N–H and O–H groups in total. The molecule has 0 aromatic heterocycles. The van der Waals surface area contributed by atoms with Gasteiger partial charge in [0.05, 0.1) is 34.1 Å². The van der Waals surface area contributed by atoms with Gasteiger partial charge in [0.1, 0.15) is 22.1 Å². The number of hydrazone groups is 1. The minimum Gasteiger partial charge on any atom is -0.497 e. The number of nitrogens with one attached hydrogen (secondary N) is 1. The van der Waals surface area contributed by atoms with Gasteiger partial charge in [0.2, 0.25) is 10.0 Å². The SMILES string of the molecule is COc1ccc(OC)c(/C=N\NC(=O)CN(C)S(=O)(=O)c2cc(C)ccc2OC)c1. The Bertz CT molecular complexity index is 1040. The largest absolute Gasteiger partial charge is 0.497 e. The third-order valence-corrected chi connectivity index (χ3v) is 6.03. The highest BCUT2D eigenvalue weighted by Gasteiger charge is 2.26. The predicted octanol–water partition coefficient (Wildman–Crippen LogP) is 1.79. The molecule has 0 aliphatic carbocycles. The van der Waals surface area contributed by atoms with E-state index >= 15 is 0 Å². The van der Waals surface area contributed by atoms with E-state index in [0.29, 0.717) is 17.1 Å². The van der Waals surface area contributed by atoms with Crippen molar-refractivity contribution in [2.24, 2.45) is 5.10 Å². The number of carbonyl (C=O) groups is 1. The van der Waals surface area contributed by atoms with Crippen LogP contribution in [0.5, 0.6) is 17.2 Å². The van der Waals surface area contributed by atoms with Gasteiger partial charge in [0, 0.05) is 12.6 Å². The zero-order valence-electron chi connectivity index (χ0n) is 17.5. The van der Waals surface area contributed by atoms with E-state index in [1.54, 1.807) is 37.3 Å². The van der Waals surface area contributed by atoms with E-state index in [2.05, 4.69) is 10.5 Å². The fourth-order valence-corrected chi connectivity index (χ4v) is 3.95. The topological polar surface area (TPSA) is 107 Å². The first-order chi connectivity index (χ1) is 14.2. The number of ether oxygens (including phenoxy) is 3. The number of methoxy groups -OCH3 is 3. The molecular weight excluding hydrogens is 410 g/mol. The van der Waals surface area contributed by atoms with Crippen LogP contribution in [0.3, 0.4) is 0 Å². The van der Waals surface area contributed by atoms with E-state index in [0.717, 1.165) is 9.87 Å². The number of hydrogen-bond acceptors (Lipinski definition) is 7.